The number of hydrogen-bond donors (Lipinski definition) is 1. The summed E-state index contributed by atoms with van der Waals surface area (Å²) in [4.78, 5) is 12.2. The van der Waals surface area contributed by atoms with Crippen molar-refractivity contribution in [2.75, 3.05) is 12.8 Å². The summed E-state index contributed by atoms with van der Waals surface area (Å²) in [6.07, 6.45) is 1.70. The third-order valence-corrected chi connectivity index (χ3v) is 3.12. The van der Waals surface area contributed by atoms with Gasteiger partial charge in [-0.1, -0.05) is 12.1 Å². The summed E-state index contributed by atoms with van der Waals surface area (Å²) in [5, 5.41) is 4.29. The molecule has 20 heavy (non-hydrogen) atoms. The maximum absolute atomic E-state index is 12.2. The Hall–Kier alpha value is -2.76. The number of rotatable bonds is 3. The third kappa shape index (κ3) is 2.01. The SMILES string of the molecule is COc1cc(N)ccc1Cn1nc2ccccn2c1=O. The molecule has 0 bridgehead atoms. The van der Waals surface area contributed by atoms with Crippen LogP contribution in [0.5, 0.6) is 5.75 Å². The maximum Gasteiger partial charge on any atom is 0.350 e. The average Bonchev–Trinajstić information content (AvgIpc) is 2.78. The van der Waals surface area contributed by atoms with Gasteiger partial charge in [0.2, 0.25) is 0 Å². The van der Waals surface area contributed by atoms with Crippen LogP contribution in [0.15, 0.2) is 47.4 Å². The van der Waals surface area contributed by atoms with Crippen molar-refractivity contribution in [1.29, 1.82) is 0 Å². The lowest BCUT2D eigenvalue weighted by molar-refractivity contribution is 0.407. The molecule has 0 saturated heterocycles. The fraction of sp³-hybridized carbons (Fsp3) is 0.143. The smallest absolute Gasteiger partial charge is 0.350 e. The van der Waals surface area contributed by atoms with E-state index in [-0.39, 0.29) is 5.69 Å². The number of nitrogens with two attached hydrogens (primary N) is 1. The predicted octanol–water partition coefficient (Wildman–Crippen LogP) is 1.14. The van der Waals surface area contributed by atoms with Crippen LogP contribution in [0.1, 0.15) is 5.56 Å². The topological polar surface area (TPSA) is 74.6 Å². The summed E-state index contributed by atoms with van der Waals surface area (Å²) in [5.41, 5.74) is 7.63. The van der Waals surface area contributed by atoms with Gasteiger partial charge in [0.1, 0.15) is 5.75 Å². The molecule has 6 nitrogen and oxygen atoms in total. The average molecular weight is 270 g/mol. The normalized spacial score (nSPS) is 10.8. The predicted molar refractivity (Wildman–Crippen MR) is 76.0 cm³/mol. The molecule has 2 heterocycles. The summed E-state index contributed by atoms with van der Waals surface area (Å²) < 4.78 is 8.19. The number of pyridine rings is 1. The van der Waals surface area contributed by atoms with Gasteiger partial charge in [0.15, 0.2) is 5.65 Å². The van der Waals surface area contributed by atoms with Crippen molar-refractivity contribution in [2.24, 2.45) is 0 Å². The third-order valence-electron chi connectivity index (χ3n) is 3.12. The van der Waals surface area contributed by atoms with Crippen LogP contribution in [0.25, 0.3) is 5.65 Å². The van der Waals surface area contributed by atoms with Gasteiger partial charge >= 0.3 is 5.69 Å². The fourth-order valence-corrected chi connectivity index (χ4v) is 2.12. The molecule has 6 heteroatoms. The van der Waals surface area contributed by atoms with Gasteiger partial charge in [0.25, 0.3) is 0 Å². The first kappa shape index (κ1) is 12.3. The molecule has 0 spiro atoms. The zero-order valence-electron chi connectivity index (χ0n) is 11.0. The van der Waals surface area contributed by atoms with Crippen LogP contribution in [0.2, 0.25) is 0 Å². The van der Waals surface area contributed by atoms with E-state index in [1.807, 2.05) is 12.1 Å². The number of fused-ring (bicyclic) bond motifs is 1. The largest absolute Gasteiger partial charge is 0.496 e. The first-order valence-electron chi connectivity index (χ1n) is 6.15. The van der Waals surface area contributed by atoms with Crippen molar-refractivity contribution in [1.82, 2.24) is 14.2 Å². The molecule has 0 aliphatic carbocycles. The Kier molecular flexibility index (Phi) is 2.90. The van der Waals surface area contributed by atoms with E-state index in [1.54, 1.807) is 37.6 Å². The molecule has 0 atom stereocenters. The summed E-state index contributed by atoms with van der Waals surface area (Å²) >= 11 is 0. The maximum atomic E-state index is 12.2. The number of methoxy groups -OCH3 is 1. The van der Waals surface area contributed by atoms with Crippen LogP contribution in [-0.4, -0.2) is 21.3 Å². The van der Waals surface area contributed by atoms with Crippen LogP contribution < -0.4 is 16.2 Å². The Bertz CT molecular complexity index is 819. The fourth-order valence-electron chi connectivity index (χ4n) is 2.12. The molecule has 102 valence electrons. The molecule has 0 amide bonds. The summed E-state index contributed by atoms with van der Waals surface area (Å²) in [6, 6.07) is 10.8. The highest BCUT2D eigenvalue weighted by Gasteiger charge is 2.09. The van der Waals surface area contributed by atoms with Crippen molar-refractivity contribution >= 4 is 11.3 Å². The van der Waals surface area contributed by atoms with E-state index in [9.17, 15) is 4.79 Å². The number of nitrogen functional groups attached to an aromatic ring is 1. The monoisotopic (exact) mass is 270 g/mol. The Labute approximate surface area is 115 Å². The van der Waals surface area contributed by atoms with Crippen LogP contribution in [0, 0.1) is 0 Å². The highest BCUT2D eigenvalue weighted by Crippen LogP contribution is 2.21. The van der Waals surface area contributed by atoms with Gasteiger partial charge in [-0.3, -0.25) is 4.40 Å². The van der Waals surface area contributed by atoms with E-state index in [1.165, 1.54) is 9.08 Å². The second-order valence-corrected chi connectivity index (χ2v) is 4.44. The highest BCUT2D eigenvalue weighted by atomic mass is 16.5. The zero-order chi connectivity index (χ0) is 14.1. The second-order valence-electron chi connectivity index (χ2n) is 4.44. The van der Waals surface area contributed by atoms with Crippen molar-refractivity contribution < 1.29 is 4.74 Å². The molecule has 1 aromatic carbocycles. The number of anilines is 1. The van der Waals surface area contributed by atoms with Gasteiger partial charge in [0, 0.05) is 23.5 Å². The molecule has 0 fully saturated rings. The molecule has 3 aromatic rings. The molecule has 0 aliphatic rings. The molecule has 0 aliphatic heterocycles. The van der Waals surface area contributed by atoms with Gasteiger partial charge in [-0.15, -0.1) is 5.10 Å². The van der Waals surface area contributed by atoms with Crippen LogP contribution in [0.4, 0.5) is 5.69 Å². The number of benzene rings is 1. The molecular weight excluding hydrogens is 256 g/mol. The zero-order valence-corrected chi connectivity index (χ0v) is 11.0. The van der Waals surface area contributed by atoms with Crippen molar-refractivity contribution in [2.45, 2.75) is 6.54 Å². The number of hydrogen-bond acceptors (Lipinski definition) is 4. The van der Waals surface area contributed by atoms with Gasteiger partial charge in [-0.05, 0) is 18.2 Å². The van der Waals surface area contributed by atoms with E-state index in [0.717, 1.165) is 5.56 Å². The van der Waals surface area contributed by atoms with Gasteiger partial charge < -0.3 is 10.5 Å². The van der Waals surface area contributed by atoms with Crippen molar-refractivity contribution in [3.05, 3.63) is 58.6 Å². The Morgan fingerprint density at radius 1 is 1.30 bits per heavy atom. The van der Waals surface area contributed by atoms with Gasteiger partial charge in [-0.25, -0.2) is 9.48 Å². The molecule has 3 rings (SSSR count). The highest BCUT2D eigenvalue weighted by molar-refractivity contribution is 5.48. The standard InChI is InChI=1S/C14H14N4O2/c1-20-12-8-11(15)6-5-10(12)9-18-14(19)17-7-3-2-4-13(17)16-18/h2-8H,9,15H2,1H3. The van der Waals surface area contributed by atoms with Gasteiger partial charge in [0.05, 0.1) is 13.7 Å². The van der Waals surface area contributed by atoms with Crippen LogP contribution in [-0.2, 0) is 6.54 Å². The first-order valence-corrected chi connectivity index (χ1v) is 6.15. The van der Waals surface area contributed by atoms with Gasteiger partial charge in [-0.2, -0.15) is 0 Å². The Morgan fingerprint density at radius 2 is 2.15 bits per heavy atom. The van der Waals surface area contributed by atoms with Crippen LogP contribution >= 0.6 is 0 Å². The van der Waals surface area contributed by atoms with E-state index >= 15 is 0 Å². The number of aromatic nitrogens is 3. The quantitative estimate of drug-likeness (QED) is 0.724. The van der Waals surface area contributed by atoms with Crippen molar-refractivity contribution in [3.8, 4) is 5.75 Å². The minimum Gasteiger partial charge on any atom is -0.496 e. The van der Waals surface area contributed by atoms with E-state index in [0.29, 0.717) is 23.6 Å². The van der Waals surface area contributed by atoms with Crippen LogP contribution in [0.3, 0.4) is 0 Å². The minimum absolute atomic E-state index is 0.181. The lowest BCUT2D eigenvalue weighted by Gasteiger charge is -2.08. The Balaban J connectivity index is 2.05. The number of nitrogens with zero attached hydrogens (tertiary/aromatic N) is 3. The van der Waals surface area contributed by atoms with E-state index in [2.05, 4.69) is 5.10 Å². The molecule has 0 unspecified atom stereocenters. The summed E-state index contributed by atoms with van der Waals surface area (Å²) in [7, 11) is 1.57. The molecule has 2 N–H and O–H groups in total. The molecule has 0 saturated carbocycles. The second kappa shape index (κ2) is 4.73. The molecular formula is C14H14N4O2. The lowest BCUT2D eigenvalue weighted by atomic mass is 10.2. The Morgan fingerprint density at radius 3 is 2.90 bits per heavy atom. The summed E-state index contributed by atoms with van der Waals surface area (Å²) in [5.74, 6) is 0.647. The van der Waals surface area contributed by atoms with E-state index < -0.39 is 0 Å². The van der Waals surface area contributed by atoms with E-state index in [4.69, 9.17) is 10.5 Å². The lowest BCUT2D eigenvalue weighted by Crippen LogP contribution is -2.21. The molecule has 0 radical (unpaired) electrons. The number of ether oxygens (including phenoxy) is 1. The minimum atomic E-state index is -0.181. The molecule has 2 aromatic heterocycles. The summed E-state index contributed by atoms with van der Waals surface area (Å²) in [6.45, 7) is 0.337. The first-order chi connectivity index (χ1) is 9.69. The van der Waals surface area contributed by atoms with Crippen molar-refractivity contribution in [3.63, 3.8) is 0 Å².